The van der Waals surface area contributed by atoms with E-state index >= 15 is 0 Å². The van der Waals surface area contributed by atoms with E-state index < -0.39 is 46.9 Å². The van der Waals surface area contributed by atoms with Gasteiger partial charge in [0.05, 0.1) is 17.4 Å². The van der Waals surface area contributed by atoms with Gasteiger partial charge in [-0.3, -0.25) is 4.79 Å². The van der Waals surface area contributed by atoms with Gasteiger partial charge in [-0.05, 0) is 43.7 Å². The first kappa shape index (κ1) is 24.5. The van der Waals surface area contributed by atoms with E-state index in [1.165, 1.54) is 7.05 Å². The van der Waals surface area contributed by atoms with Crippen molar-refractivity contribution in [3.8, 4) is 0 Å². The molecule has 33 heavy (non-hydrogen) atoms. The fraction of sp³-hybridized carbons (Fsp3) is 0.391. The van der Waals surface area contributed by atoms with Gasteiger partial charge in [0.15, 0.2) is 11.6 Å². The topological polar surface area (TPSA) is 51.5 Å². The normalized spacial score (nSPS) is 15.7. The molecule has 1 aliphatic rings. The van der Waals surface area contributed by atoms with E-state index in [1.807, 2.05) is 0 Å². The third-order valence-electron chi connectivity index (χ3n) is 5.35. The van der Waals surface area contributed by atoms with E-state index in [0.29, 0.717) is 0 Å². The van der Waals surface area contributed by atoms with Gasteiger partial charge in [0.1, 0.15) is 5.69 Å². The largest absolute Gasteiger partial charge is 0.459 e. The summed E-state index contributed by atoms with van der Waals surface area (Å²) in [5.41, 5.74) is -2.26. The van der Waals surface area contributed by atoms with Crippen molar-refractivity contribution < 1.29 is 36.3 Å². The molecule has 0 atom stereocenters. The van der Waals surface area contributed by atoms with Crippen LogP contribution in [0.1, 0.15) is 55.0 Å². The van der Waals surface area contributed by atoms with Gasteiger partial charge in [-0.25, -0.2) is 13.6 Å². The third kappa shape index (κ3) is 4.65. The molecule has 0 fully saturated rings. The second-order valence-corrected chi connectivity index (χ2v) is 8.79. The Hall–Kier alpha value is -3.17. The molecule has 0 N–H and O–H groups in total. The van der Waals surface area contributed by atoms with Gasteiger partial charge in [-0.15, -0.1) is 0 Å². The van der Waals surface area contributed by atoms with Crippen LogP contribution in [0.25, 0.3) is 5.57 Å². The molecule has 0 bridgehead atoms. The Kier molecular flexibility index (Phi) is 6.16. The maximum atomic E-state index is 13.7. The molecule has 0 spiro atoms. The molecule has 1 aromatic heterocycles. The maximum absolute atomic E-state index is 13.7. The fourth-order valence-electron chi connectivity index (χ4n) is 3.84. The zero-order valence-electron chi connectivity index (χ0n) is 18.7. The summed E-state index contributed by atoms with van der Waals surface area (Å²) >= 11 is 0. The zero-order chi connectivity index (χ0) is 24.9. The van der Waals surface area contributed by atoms with Crippen LogP contribution in [-0.2, 0) is 28.2 Å². The summed E-state index contributed by atoms with van der Waals surface area (Å²) in [5.74, 6) is -4.02. The monoisotopic (exact) mass is 470 g/mol. The van der Waals surface area contributed by atoms with Crippen LogP contribution in [0.2, 0.25) is 0 Å². The van der Waals surface area contributed by atoms with Crippen molar-refractivity contribution in [3.63, 3.8) is 0 Å². The number of carbonyl (C=O) groups is 2. The molecule has 0 saturated carbocycles. The molecule has 3 rings (SSSR count). The third-order valence-corrected chi connectivity index (χ3v) is 5.35. The Balaban J connectivity index is 2.22. The molecule has 178 valence electrons. The number of halogens is 5. The Morgan fingerprint density at radius 1 is 1.09 bits per heavy atom. The van der Waals surface area contributed by atoms with Gasteiger partial charge >= 0.3 is 12.1 Å². The minimum Gasteiger partial charge on any atom is -0.459 e. The molecule has 0 aliphatic carbocycles. The van der Waals surface area contributed by atoms with Crippen molar-refractivity contribution in [3.05, 3.63) is 64.6 Å². The van der Waals surface area contributed by atoms with Crippen LogP contribution in [0, 0.1) is 11.6 Å². The molecule has 1 amide bonds. The average Bonchev–Trinajstić information content (AvgIpc) is 2.98. The Bertz CT molecular complexity index is 1150. The molecule has 1 aliphatic heterocycles. The molecule has 0 saturated heterocycles. The smallest absolute Gasteiger partial charge is 0.431 e. The van der Waals surface area contributed by atoms with Gasteiger partial charge in [-0.1, -0.05) is 13.8 Å². The Labute approximate surface area is 187 Å². The van der Waals surface area contributed by atoms with Crippen LogP contribution in [-0.4, -0.2) is 34.0 Å². The van der Waals surface area contributed by atoms with Crippen molar-refractivity contribution in [1.82, 2.24) is 9.47 Å². The highest BCUT2D eigenvalue weighted by Gasteiger charge is 2.42. The molecule has 0 unspecified atom stereocenters. The van der Waals surface area contributed by atoms with Crippen molar-refractivity contribution in [1.29, 1.82) is 0 Å². The van der Waals surface area contributed by atoms with Crippen molar-refractivity contribution in [2.75, 3.05) is 6.54 Å². The second kappa shape index (κ2) is 8.31. The number of ether oxygens (including phenoxy) is 1. The number of hydrogen-bond acceptors (Lipinski definition) is 3. The van der Waals surface area contributed by atoms with Crippen molar-refractivity contribution >= 4 is 17.4 Å². The molecular weight excluding hydrogens is 447 g/mol. The van der Waals surface area contributed by atoms with E-state index in [9.17, 15) is 31.5 Å². The number of esters is 1. The lowest BCUT2D eigenvalue weighted by molar-refractivity contribution is -0.143. The summed E-state index contributed by atoms with van der Waals surface area (Å²) in [6.07, 6.45) is -4.14. The summed E-state index contributed by atoms with van der Waals surface area (Å²) in [6.45, 7) is 6.29. The highest BCUT2D eigenvalue weighted by atomic mass is 19.4. The fourth-order valence-corrected chi connectivity index (χ4v) is 3.84. The van der Waals surface area contributed by atoms with E-state index in [4.69, 9.17) is 4.74 Å². The van der Waals surface area contributed by atoms with Gasteiger partial charge in [0.2, 0.25) is 0 Å². The predicted molar refractivity (Wildman–Crippen MR) is 110 cm³/mol. The molecule has 10 heteroatoms. The lowest BCUT2D eigenvalue weighted by Gasteiger charge is -2.29. The van der Waals surface area contributed by atoms with Gasteiger partial charge in [-0.2, -0.15) is 13.2 Å². The first-order chi connectivity index (χ1) is 15.1. The van der Waals surface area contributed by atoms with Crippen LogP contribution in [0.4, 0.5) is 22.0 Å². The standard InChI is InChI=1S/C23H23F5N2O3/c1-12(2)33-21(32)14-10-30(20(31)13-6-7-16(24)17(25)8-13)11-22(3,4)15-9-18(23(26,27)28)29(5)19(14)15/h6-10,12H,11H2,1-5H3. The summed E-state index contributed by atoms with van der Waals surface area (Å²) in [5, 5.41) is 0. The number of carbonyl (C=O) groups excluding carboxylic acids is 2. The quantitative estimate of drug-likeness (QED) is 0.466. The van der Waals surface area contributed by atoms with Gasteiger partial charge < -0.3 is 14.2 Å². The number of nitrogens with zero attached hydrogens (tertiary/aromatic N) is 2. The SMILES string of the molecule is CC(C)OC(=O)C1=CN(C(=O)c2ccc(F)c(F)c2)CC(C)(C)c2cc(C(F)(F)F)n(C)c21. The highest BCUT2D eigenvalue weighted by Crippen LogP contribution is 2.42. The first-order valence-electron chi connectivity index (χ1n) is 10.1. The van der Waals surface area contributed by atoms with Crippen molar-refractivity contribution in [2.24, 2.45) is 7.05 Å². The molecule has 2 heterocycles. The number of fused-ring (bicyclic) bond motifs is 1. The second-order valence-electron chi connectivity index (χ2n) is 8.79. The predicted octanol–water partition coefficient (Wildman–Crippen LogP) is 5.05. The summed E-state index contributed by atoms with van der Waals surface area (Å²) in [4.78, 5) is 27.2. The van der Waals surface area contributed by atoms with Crippen molar-refractivity contribution in [2.45, 2.75) is 45.4 Å². The van der Waals surface area contributed by atoms with E-state index in [2.05, 4.69) is 0 Å². The zero-order valence-corrected chi connectivity index (χ0v) is 18.7. The lowest BCUT2D eigenvalue weighted by atomic mass is 9.83. The lowest BCUT2D eigenvalue weighted by Crippen LogP contribution is -2.37. The number of hydrogen-bond donors (Lipinski definition) is 0. The molecule has 2 aromatic rings. The first-order valence-corrected chi connectivity index (χ1v) is 10.1. The number of benzene rings is 1. The molecule has 5 nitrogen and oxygen atoms in total. The number of rotatable bonds is 3. The number of alkyl halides is 3. The summed E-state index contributed by atoms with van der Waals surface area (Å²) in [6, 6.07) is 3.57. The average molecular weight is 470 g/mol. The molecule has 0 radical (unpaired) electrons. The minimum absolute atomic E-state index is 0.0291. The van der Waals surface area contributed by atoms with Crippen LogP contribution in [0.5, 0.6) is 0 Å². The highest BCUT2D eigenvalue weighted by molar-refractivity contribution is 6.17. The van der Waals surface area contributed by atoms with E-state index in [-0.39, 0.29) is 28.9 Å². The Morgan fingerprint density at radius 2 is 1.73 bits per heavy atom. The number of aromatic nitrogens is 1. The van der Waals surface area contributed by atoms with E-state index in [1.54, 1.807) is 27.7 Å². The summed E-state index contributed by atoms with van der Waals surface area (Å²) in [7, 11) is 1.18. The van der Waals surface area contributed by atoms with Crippen LogP contribution >= 0.6 is 0 Å². The number of amides is 1. The maximum Gasteiger partial charge on any atom is 0.431 e. The molecule has 1 aromatic carbocycles. The van der Waals surface area contributed by atoms with Crippen LogP contribution in [0.15, 0.2) is 30.5 Å². The minimum atomic E-state index is -4.68. The Morgan fingerprint density at radius 3 is 2.27 bits per heavy atom. The van der Waals surface area contributed by atoms with Crippen LogP contribution < -0.4 is 0 Å². The van der Waals surface area contributed by atoms with Gasteiger partial charge in [0.25, 0.3) is 5.91 Å². The summed E-state index contributed by atoms with van der Waals surface area (Å²) < 4.78 is 74.1. The van der Waals surface area contributed by atoms with Gasteiger partial charge in [0, 0.05) is 30.8 Å². The van der Waals surface area contributed by atoms with E-state index in [0.717, 1.165) is 39.9 Å². The molecular formula is C23H23F5N2O3. The van der Waals surface area contributed by atoms with Crippen LogP contribution in [0.3, 0.4) is 0 Å².